The maximum absolute atomic E-state index is 12.5. The summed E-state index contributed by atoms with van der Waals surface area (Å²) in [5.74, 6) is -0.671. The van der Waals surface area contributed by atoms with Crippen molar-refractivity contribution in [3.8, 4) is 5.75 Å². The van der Waals surface area contributed by atoms with Crippen molar-refractivity contribution in [2.24, 2.45) is 11.0 Å². The second-order valence-electron chi connectivity index (χ2n) is 6.94. The second kappa shape index (κ2) is 9.37. The van der Waals surface area contributed by atoms with Gasteiger partial charge in [0.15, 0.2) is 0 Å². The third-order valence-corrected chi connectivity index (χ3v) is 4.50. The van der Waals surface area contributed by atoms with Gasteiger partial charge < -0.3 is 10.4 Å². The van der Waals surface area contributed by atoms with Gasteiger partial charge in [-0.3, -0.25) is 9.59 Å². The Bertz CT molecular complexity index is 869. The summed E-state index contributed by atoms with van der Waals surface area (Å²) in [7, 11) is 0. The van der Waals surface area contributed by atoms with Crippen molar-refractivity contribution in [2.75, 3.05) is 0 Å². The molecule has 0 bridgehead atoms. The molecule has 0 aliphatic heterocycles. The van der Waals surface area contributed by atoms with Gasteiger partial charge in [0.1, 0.15) is 11.8 Å². The minimum atomic E-state index is -0.747. The lowest BCUT2D eigenvalue weighted by molar-refractivity contribution is -0.123. The topological polar surface area (TPSA) is 90.8 Å². The summed E-state index contributed by atoms with van der Waals surface area (Å²) in [6, 6.07) is 9.21. The Morgan fingerprint density at radius 3 is 2.21 bits per heavy atom. The third-order valence-electron chi connectivity index (χ3n) is 4.24. The molecule has 7 heteroatoms. The summed E-state index contributed by atoms with van der Waals surface area (Å²) < 4.78 is 0. The number of phenolic OH excluding ortho intramolecular Hbond substituents is 1. The van der Waals surface area contributed by atoms with Gasteiger partial charge in [-0.25, -0.2) is 5.43 Å². The Labute approximate surface area is 169 Å². The first-order chi connectivity index (χ1) is 13.2. The highest BCUT2D eigenvalue weighted by molar-refractivity contribution is 6.30. The number of hydrogen-bond acceptors (Lipinski definition) is 4. The molecule has 28 heavy (non-hydrogen) atoms. The molecule has 148 valence electrons. The zero-order valence-corrected chi connectivity index (χ0v) is 17.0. The van der Waals surface area contributed by atoms with Gasteiger partial charge in [-0.1, -0.05) is 25.4 Å². The van der Waals surface area contributed by atoms with Crippen LogP contribution in [0.25, 0.3) is 0 Å². The van der Waals surface area contributed by atoms with Crippen molar-refractivity contribution in [1.29, 1.82) is 0 Å². The number of carbonyl (C=O) groups excluding carboxylic acids is 2. The predicted octanol–water partition coefficient (Wildman–Crippen LogP) is 3.57. The molecule has 0 spiro atoms. The molecule has 0 saturated carbocycles. The summed E-state index contributed by atoms with van der Waals surface area (Å²) in [5.41, 5.74) is 5.08. The van der Waals surface area contributed by atoms with Crippen LogP contribution in [0.4, 0.5) is 0 Å². The smallest absolute Gasteiger partial charge is 0.262 e. The first-order valence-electron chi connectivity index (χ1n) is 8.88. The fourth-order valence-electron chi connectivity index (χ4n) is 2.66. The predicted molar refractivity (Wildman–Crippen MR) is 111 cm³/mol. The zero-order chi connectivity index (χ0) is 20.8. The molecule has 2 amide bonds. The molecule has 6 nitrogen and oxygen atoms in total. The fraction of sp³-hybridized carbons (Fsp3) is 0.286. The van der Waals surface area contributed by atoms with Crippen molar-refractivity contribution in [2.45, 2.75) is 33.7 Å². The standard InChI is InChI=1S/C21H24ClN3O3/c1-12(2)18(24-20(27)16-5-7-17(22)8-6-16)21(28)25-23-11-15-9-13(3)19(26)14(4)10-15/h5-12,18,26H,1-4H3,(H,24,27)(H,25,28). The normalized spacial score (nSPS) is 12.2. The fourth-order valence-corrected chi connectivity index (χ4v) is 2.79. The highest BCUT2D eigenvalue weighted by atomic mass is 35.5. The summed E-state index contributed by atoms with van der Waals surface area (Å²) in [4.78, 5) is 24.9. The number of rotatable bonds is 6. The van der Waals surface area contributed by atoms with Crippen LogP contribution in [0.1, 0.15) is 40.9 Å². The van der Waals surface area contributed by atoms with Gasteiger partial charge >= 0.3 is 0 Å². The highest BCUT2D eigenvalue weighted by Crippen LogP contribution is 2.22. The van der Waals surface area contributed by atoms with Crippen molar-refractivity contribution in [3.63, 3.8) is 0 Å². The molecule has 0 aliphatic carbocycles. The van der Waals surface area contributed by atoms with Gasteiger partial charge in [0.05, 0.1) is 6.21 Å². The average Bonchev–Trinajstić information content (AvgIpc) is 2.64. The van der Waals surface area contributed by atoms with Crippen LogP contribution < -0.4 is 10.7 Å². The Morgan fingerprint density at radius 2 is 1.68 bits per heavy atom. The molecule has 2 aromatic carbocycles. The van der Waals surface area contributed by atoms with Crippen LogP contribution in [0.15, 0.2) is 41.5 Å². The average molecular weight is 402 g/mol. The van der Waals surface area contributed by atoms with E-state index in [1.54, 1.807) is 50.2 Å². The van der Waals surface area contributed by atoms with Crippen molar-refractivity contribution in [3.05, 3.63) is 63.7 Å². The molecule has 1 atom stereocenters. The number of amides is 2. The van der Waals surface area contributed by atoms with Crippen LogP contribution >= 0.6 is 11.6 Å². The molecule has 0 radical (unpaired) electrons. The lowest BCUT2D eigenvalue weighted by Crippen LogP contribution is -2.48. The summed E-state index contributed by atoms with van der Waals surface area (Å²) in [5, 5.41) is 17.0. The minimum absolute atomic E-state index is 0.135. The lowest BCUT2D eigenvalue weighted by atomic mass is 10.0. The first-order valence-corrected chi connectivity index (χ1v) is 9.26. The number of nitrogens with one attached hydrogen (secondary N) is 2. The lowest BCUT2D eigenvalue weighted by Gasteiger charge is -2.20. The third kappa shape index (κ3) is 5.57. The van der Waals surface area contributed by atoms with Crippen LogP contribution in [-0.4, -0.2) is 29.2 Å². The Hall–Kier alpha value is -2.86. The molecule has 0 fully saturated rings. The van der Waals surface area contributed by atoms with E-state index in [0.29, 0.717) is 10.6 Å². The largest absolute Gasteiger partial charge is 0.507 e. The van der Waals surface area contributed by atoms with E-state index in [9.17, 15) is 14.7 Å². The summed E-state index contributed by atoms with van der Waals surface area (Å²) in [6.07, 6.45) is 1.50. The number of aromatic hydroxyl groups is 1. The number of nitrogens with zero attached hydrogens (tertiary/aromatic N) is 1. The van der Waals surface area contributed by atoms with Gasteiger partial charge in [0.25, 0.3) is 11.8 Å². The van der Waals surface area contributed by atoms with Gasteiger partial charge in [-0.15, -0.1) is 0 Å². The quantitative estimate of drug-likeness (QED) is 0.510. The van der Waals surface area contributed by atoms with E-state index in [4.69, 9.17) is 11.6 Å². The number of halogens is 1. The minimum Gasteiger partial charge on any atom is -0.507 e. The second-order valence-corrected chi connectivity index (χ2v) is 7.38. The first kappa shape index (κ1) is 21.4. The van der Waals surface area contributed by atoms with E-state index < -0.39 is 11.9 Å². The maximum atomic E-state index is 12.5. The monoisotopic (exact) mass is 401 g/mol. The van der Waals surface area contributed by atoms with Crippen molar-refractivity contribution >= 4 is 29.6 Å². The zero-order valence-electron chi connectivity index (χ0n) is 16.3. The molecule has 0 aromatic heterocycles. The SMILES string of the molecule is Cc1cc(C=NNC(=O)C(NC(=O)c2ccc(Cl)cc2)C(C)C)cc(C)c1O. The molecule has 0 saturated heterocycles. The maximum Gasteiger partial charge on any atom is 0.262 e. The molecule has 2 aromatic rings. The number of phenols is 1. The summed E-state index contributed by atoms with van der Waals surface area (Å²) >= 11 is 5.83. The van der Waals surface area contributed by atoms with Gasteiger partial charge in [-0.05, 0) is 72.9 Å². The molecule has 0 heterocycles. The number of hydrazone groups is 1. The Balaban J connectivity index is 2.04. The van der Waals surface area contributed by atoms with Gasteiger partial charge in [-0.2, -0.15) is 5.10 Å². The van der Waals surface area contributed by atoms with E-state index in [0.717, 1.165) is 16.7 Å². The van der Waals surface area contributed by atoms with Crippen LogP contribution in [0.3, 0.4) is 0 Å². The number of hydrogen-bond donors (Lipinski definition) is 3. The van der Waals surface area contributed by atoms with E-state index in [2.05, 4.69) is 15.8 Å². The van der Waals surface area contributed by atoms with Crippen molar-refractivity contribution < 1.29 is 14.7 Å². The number of benzene rings is 2. The van der Waals surface area contributed by atoms with Crippen molar-refractivity contribution in [1.82, 2.24) is 10.7 Å². The molecule has 3 N–H and O–H groups in total. The molecule has 0 aliphatic rings. The van der Waals surface area contributed by atoms with Crippen LogP contribution in [-0.2, 0) is 4.79 Å². The molecular weight excluding hydrogens is 378 g/mol. The Morgan fingerprint density at radius 1 is 1.11 bits per heavy atom. The van der Waals surface area contributed by atoms with E-state index in [-0.39, 0.29) is 17.6 Å². The highest BCUT2D eigenvalue weighted by Gasteiger charge is 2.24. The summed E-state index contributed by atoms with van der Waals surface area (Å²) in [6.45, 7) is 7.25. The van der Waals surface area contributed by atoms with Crippen LogP contribution in [0, 0.1) is 19.8 Å². The number of aryl methyl sites for hydroxylation is 2. The van der Waals surface area contributed by atoms with E-state index in [1.165, 1.54) is 6.21 Å². The molecule has 2 rings (SSSR count). The molecular formula is C21H24ClN3O3. The Kier molecular flexibility index (Phi) is 7.18. The van der Waals surface area contributed by atoms with E-state index in [1.807, 2.05) is 13.8 Å². The van der Waals surface area contributed by atoms with Crippen LogP contribution in [0.5, 0.6) is 5.75 Å². The number of carbonyl (C=O) groups is 2. The molecule has 1 unspecified atom stereocenters. The van der Waals surface area contributed by atoms with Gasteiger partial charge in [0.2, 0.25) is 0 Å². The van der Waals surface area contributed by atoms with Crippen LogP contribution in [0.2, 0.25) is 5.02 Å². The van der Waals surface area contributed by atoms with E-state index >= 15 is 0 Å². The van der Waals surface area contributed by atoms with Gasteiger partial charge in [0, 0.05) is 10.6 Å².